The summed E-state index contributed by atoms with van der Waals surface area (Å²) in [4.78, 5) is 15.6. The smallest absolute Gasteiger partial charge is 0.280 e. The highest BCUT2D eigenvalue weighted by Crippen LogP contribution is 2.09. The van der Waals surface area contributed by atoms with E-state index in [1.165, 1.54) is 23.5 Å². The molecule has 100 valence electrons. The summed E-state index contributed by atoms with van der Waals surface area (Å²) >= 11 is 1.25. The van der Waals surface area contributed by atoms with E-state index in [-0.39, 0.29) is 10.8 Å². The first-order chi connectivity index (χ1) is 8.97. The molecule has 0 spiro atoms. The Morgan fingerprint density at radius 1 is 1.32 bits per heavy atom. The second-order valence-electron chi connectivity index (χ2n) is 3.71. The third-order valence-electron chi connectivity index (χ3n) is 2.33. The van der Waals surface area contributed by atoms with Gasteiger partial charge in [-0.25, -0.2) is 18.5 Å². The summed E-state index contributed by atoms with van der Waals surface area (Å²) in [5, 5.41) is 9.78. The molecule has 0 atom stereocenters. The quantitative estimate of drug-likeness (QED) is 0.868. The maximum Gasteiger partial charge on any atom is 0.280 e. The molecule has 0 bridgehead atoms. The zero-order valence-corrected chi connectivity index (χ0v) is 11.4. The number of carbonyl (C=O) groups is 1. The zero-order chi connectivity index (χ0) is 13.9. The minimum absolute atomic E-state index is 0.0440. The van der Waals surface area contributed by atoms with Crippen molar-refractivity contribution in [3.8, 4) is 0 Å². The maximum atomic E-state index is 11.6. The maximum absolute atomic E-state index is 11.6. The molecule has 0 saturated carbocycles. The fourth-order valence-electron chi connectivity index (χ4n) is 1.39. The molecule has 1 aromatic heterocycles. The van der Waals surface area contributed by atoms with Crippen LogP contribution in [0.15, 0.2) is 40.7 Å². The Bertz CT molecular complexity index is 664. The second kappa shape index (κ2) is 5.47. The summed E-state index contributed by atoms with van der Waals surface area (Å²) in [6.07, 6.45) is 1.56. The van der Waals surface area contributed by atoms with Crippen LogP contribution >= 0.6 is 11.3 Å². The molecule has 2 aromatic rings. The predicted molar refractivity (Wildman–Crippen MR) is 71.1 cm³/mol. The van der Waals surface area contributed by atoms with Gasteiger partial charge in [0.05, 0.1) is 4.90 Å². The molecule has 0 radical (unpaired) electrons. The van der Waals surface area contributed by atoms with E-state index in [2.05, 4.69) is 10.3 Å². The van der Waals surface area contributed by atoms with Gasteiger partial charge >= 0.3 is 0 Å². The van der Waals surface area contributed by atoms with Crippen molar-refractivity contribution in [3.63, 3.8) is 0 Å². The Morgan fingerprint density at radius 2 is 2.00 bits per heavy atom. The number of nitrogens with one attached hydrogen (secondary N) is 1. The van der Waals surface area contributed by atoms with E-state index >= 15 is 0 Å². The number of carbonyl (C=O) groups excluding carboxylic acids is 1. The van der Waals surface area contributed by atoms with Gasteiger partial charge in [0.15, 0.2) is 5.01 Å². The normalized spacial score (nSPS) is 11.2. The number of aromatic nitrogens is 1. The van der Waals surface area contributed by atoms with E-state index in [4.69, 9.17) is 5.14 Å². The Labute approximate surface area is 114 Å². The third-order valence-corrected chi connectivity index (χ3v) is 4.03. The summed E-state index contributed by atoms with van der Waals surface area (Å²) in [7, 11) is -3.68. The summed E-state index contributed by atoms with van der Waals surface area (Å²) in [6, 6.07) is 6.00. The fraction of sp³-hybridized carbons (Fsp3) is 0.0909. The van der Waals surface area contributed by atoms with E-state index in [1.54, 1.807) is 23.7 Å². The van der Waals surface area contributed by atoms with Crippen molar-refractivity contribution in [2.75, 3.05) is 0 Å². The first-order valence-electron chi connectivity index (χ1n) is 5.26. The number of sulfonamides is 1. The molecule has 0 saturated heterocycles. The lowest BCUT2D eigenvalue weighted by atomic mass is 10.2. The molecular weight excluding hydrogens is 286 g/mol. The predicted octanol–water partition coefficient (Wildman–Crippen LogP) is 0.720. The molecule has 0 unspecified atom stereocenters. The number of thiazole rings is 1. The Balaban J connectivity index is 1.99. The molecule has 0 fully saturated rings. The van der Waals surface area contributed by atoms with Crippen LogP contribution in [0.4, 0.5) is 0 Å². The summed E-state index contributed by atoms with van der Waals surface area (Å²) in [5.41, 5.74) is 0.775. The minimum Gasteiger partial charge on any atom is -0.346 e. The molecule has 2 rings (SSSR count). The molecule has 0 aliphatic heterocycles. The van der Waals surface area contributed by atoms with Crippen LogP contribution in [0.3, 0.4) is 0 Å². The van der Waals surface area contributed by atoms with Crippen LogP contribution in [0.5, 0.6) is 0 Å². The van der Waals surface area contributed by atoms with Gasteiger partial charge in [0.2, 0.25) is 10.0 Å². The highest BCUT2D eigenvalue weighted by Gasteiger charge is 2.09. The Morgan fingerprint density at radius 3 is 2.53 bits per heavy atom. The van der Waals surface area contributed by atoms with Crippen LogP contribution in [0.1, 0.15) is 15.4 Å². The molecule has 1 amide bonds. The van der Waals surface area contributed by atoms with Crippen LogP contribution in [-0.4, -0.2) is 19.3 Å². The number of rotatable bonds is 4. The summed E-state index contributed by atoms with van der Waals surface area (Å²) < 4.78 is 22.1. The monoisotopic (exact) mass is 297 g/mol. The molecule has 0 aliphatic rings. The van der Waals surface area contributed by atoms with Crippen molar-refractivity contribution in [1.29, 1.82) is 0 Å². The molecular formula is C11H11N3O3S2. The fourth-order valence-corrected chi connectivity index (χ4v) is 2.46. The van der Waals surface area contributed by atoms with Gasteiger partial charge in [-0.3, -0.25) is 4.79 Å². The number of hydrogen-bond donors (Lipinski definition) is 2. The van der Waals surface area contributed by atoms with Crippen molar-refractivity contribution < 1.29 is 13.2 Å². The van der Waals surface area contributed by atoms with Crippen LogP contribution in [0, 0.1) is 0 Å². The van der Waals surface area contributed by atoms with Gasteiger partial charge in [0, 0.05) is 18.1 Å². The average molecular weight is 297 g/mol. The van der Waals surface area contributed by atoms with Crippen LogP contribution in [-0.2, 0) is 16.6 Å². The first-order valence-corrected chi connectivity index (χ1v) is 7.69. The van der Waals surface area contributed by atoms with E-state index in [0.717, 1.165) is 5.56 Å². The Kier molecular flexibility index (Phi) is 3.93. The van der Waals surface area contributed by atoms with Gasteiger partial charge in [-0.05, 0) is 17.7 Å². The van der Waals surface area contributed by atoms with Gasteiger partial charge < -0.3 is 5.32 Å². The largest absolute Gasteiger partial charge is 0.346 e. The van der Waals surface area contributed by atoms with Crippen molar-refractivity contribution in [3.05, 3.63) is 46.4 Å². The molecule has 8 heteroatoms. The number of nitrogens with zero attached hydrogens (tertiary/aromatic N) is 1. The highest BCUT2D eigenvalue weighted by atomic mass is 32.2. The van der Waals surface area contributed by atoms with Gasteiger partial charge in [-0.15, -0.1) is 11.3 Å². The minimum atomic E-state index is -3.68. The highest BCUT2D eigenvalue weighted by molar-refractivity contribution is 7.89. The first kappa shape index (κ1) is 13.7. The lowest BCUT2D eigenvalue weighted by Gasteiger charge is -2.04. The van der Waals surface area contributed by atoms with Crippen LogP contribution < -0.4 is 10.5 Å². The molecule has 1 heterocycles. The van der Waals surface area contributed by atoms with E-state index in [1.807, 2.05) is 0 Å². The van der Waals surface area contributed by atoms with E-state index < -0.39 is 10.0 Å². The Hall–Kier alpha value is -1.77. The van der Waals surface area contributed by atoms with E-state index in [0.29, 0.717) is 11.6 Å². The molecule has 3 N–H and O–H groups in total. The van der Waals surface area contributed by atoms with Crippen molar-refractivity contribution in [2.45, 2.75) is 11.4 Å². The lowest BCUT2D eigenvalue weighted by molar-refractivity contribution is 0.0950. The van der Waals surface area contributed by atoms with Gasteiger partial charge in [0.25, 0.3) is 5.91 Å². The lowest BCUT2D eigenvalue weighted by Crippen LogP contribution is -2.22. The van der Waals surface area contributed by atoms with Crippen molar-refractivity contribution >= 4 is 27.3 Å². The molecule has 19 heavy (non-hydrogen) atoms. The third kappa shape index (κ3) is 3.60. The van der Waals surface area contributed by atoms with Crippen LogP contribution in [0.25, 0.3) is 0 Å². The van der Waals surface area contributed by atoms with Crippen molar-refractivity contribution in [1.82, 2.24) is 10.3 Å². The summed E-state index contributed by atoms with van der Waals surface area (Å²) in [5.74, 6) is -0.259. The van der Waals surface area contributed by atoms with Crippen molar-refractivity contribution in [2.24, 2.45) is 5.14 Å². The second-order valence-corrected chi connectivity index (χ2v) is 6.16. The standard InChI is InChI=1S/C11H11N3O3S2/c12-19(16,17)9-3-1-8(2-4-9)7-14-10(15)11-13-5-6-18-11/h1-6H,7H2,(H,14,15)(H2,12,16,17). The zero-order valence-electron chi connectivity index (χ0n) is 9.74. The molecule has 6 nitrogen and oxygen atoms in total. The van der Waals surface area contributed by atoms with Gasteiger partial charge in [0.1, 0.15) is 0 Å². The average Bonchev–Trinajstić information content (AvgIpc) is 2.89. The number of nitrogens with two attached hydrogens (primary N) is 1. The SMILES string of the molecule is NS(=O)(=O)c1ccc(CNC(=O)c2nccs2)cc1. The van der Waals surface area contributed by atoms with Gasteiger partial charge in [-0.1, -0.05) is 12.1 Å². The van der Waals surface area contributed by atoms with Gasteiger partial charge in [-0.2, -0.15) is 0 Å². The number of primary sulfonamides is 1. The number of hydrogen-bond acceptors (Lipinski definition) is 5. The van der Waals surface area contributed by atoms with Crippen LogP contribution in [0.2, 0.25) is 0 Å². The topological polar surface area (TPSA) is 102 Å². The summed E-state index contributed by atoms with van der Waals surface area (Å²) in [6.45, 7) is 0.295. The van der Waals surface area contributed by atoms with E-state index in [9.17, 15) is 13.2 Å². The molecule has 0 aliphatic carbocycles. The number of benzene rings is 1. The molecule has 1 aromatic carbocycles. The number of amides is 1.